The van der Waals surface area contributed by atoms with Crippen LogP contribution in [0.5, 0.6) is 5.75 Å². The zero-order valence-corrected chi connectivity index (χ0v) is 15.2. The van der Waals surface area contributed by atoms with E-state index in [2.05, 4.69) is 42.8 Å². The van der Waals surface area contributed by atoms with Crippen LogP contribution in [0.1, 0.15) is 16.8 Å². The SMILES string of the molecule is C=CCc1cc([N+](=O)[O-])ccc1OCc1csc(-c2ccc(C)cc2)n1. The van der Waals surface area contributed by atoms with E-state index < -0.39 is 4.92 Å². The molecular formula is C20H18N2O3S. The first-order valence-electron chi connectivity index (χ1n) is 8.09. The fraction of sp³-hybridized carbons (Fsp3) is 0.150. The third kappa shape index (κ3) is 4.15. The highest BCUT2D eigenvalue weighted by Gasteiger charge is 2.12. The summed E-state index contributed by atoms with van der Waals surface area (Å²) in [7, 11) is 0. The maximum atomic E-state index is 10.9. The van der Waals surface area contributed by atoms with Gasteiger partial charge < -0.3 is 4.74 Å². The number of thiazole rings is 1. The molecule has 3 aromatic rings. The van der Waals surface area contributed by atoms with Crippen LogP contribution in [0.15, 0.2) is 60.5 Å². The predicted molar refractivity (Wildman–Crippen MR) is 104 cm³/mol. The summed E-state index contributed by atoms with van der Waals surface area (Å²) in [5, 5.41) is 13.8. The van der Waals surface area contributed by atoms with Crippen LogP contribution in [0.3, 0.4) is 0 Å². The Morgan fingerprint density at radius 3 is 2.73 bits per heavy atom. The Kier molecular flexibility index (Phi) is 5.43. The third-order valence-corrected chi connectivity index (χ3v) is 4.79. The molecule has 132 valence electrons. The largest absolute Gasteiger partial charge is 0.487 e. The Hall–Kier alpha value is -2.99. The van der Waals surface area contributed by atoms with E-state index in [1.807, 2.05) is 5.38 Å². The zero-order valence-electron chi connectivity index (χ0n) is 14.3. The van der Waals surface area contributed by atoms with Gasteiger partial charge in [0, 0.05) is 28.6 Å². The molecule has 0 N–H and O–H groups in total. The summed E-state index contributed by atoms with van der Waals surface area (Å²) in [6.07, 6.45) is 2.20. The monoisotopic (exact) mass is 366 g/mol. The fourth-order valence-corrected chi connectivity index (χ4v) is 3.30. The molecule has 0 atom stereocenters. The zero-order chi connectivity index (χ0) is 18.5. The second kappa shape index (κ2) is 7.93. The van der Waals surface area contributed by atoms with Crippen molar-refractivity contribution in [2.45, 2.75) is 20.0 Å². The van der Waals surface area contributed by atoms with Gasteiger partial charge in [-0.3, -0.25) is 10.1 Å². The van der Waals surface area contributed by atoms with Crippen LogP contribution in [0.4, 0.5) is 5.69 Å². The highest BCUT2D eigenvalue weighted by atomic mass is 32.1. The van der Waals surface area contributed by atoms with Gasteiger partial charge in [0.2, 0.25) is 0 Å². The van der Waals surface area contributed by atoms with Crippen LogP contribution in [-0.4, -0.2) is 9.91 Å². The molecule has 0 unspecified atom stereocenters. The number of rotatable bonds is 7. The normalized spacial score (nSPS) is 10.5. The van der Waals surface area contributed by atoms with Gasteiger partial charge in [-0.1, -0.05) is 35.9 Å². The number of nitro groups is 1. The maximum Gasteiger partial charge on any atom is 0.269 e. The number of aryl methyl sites for hydroxylation is 1. The lowest BCUT2D eigenvalue weighted by Gasteiger charge is -2.09. The minimum absolute atomic E-state index is 0.0458. The van der Waals surface area contributed by atoms with E-state index in [0.29, 0.717) is 18.8 Å². The summed E-state index contributed by atoms with van der Waals surface area (Å²) in [6.45, 7) is 6.06. The standard InChI is InChI=1S/C20H18N2O3S/c1-3-4-16-11-18(22(23)24)9-10-19(16)25-12-17-13-26-20(21-17)15-7-5-14(2)6-8-15/h3,5-11,13H,1,4,12H2,2H3. The molecule has 3 rings (SSSR count). The molecule has 26 heavy (non-hydrogen) atoms. The van der Waals surface area contributed by atoms with Crippen LogP contribution >= 0.6 is 11.3 Å². The first kappa shape index (κ1) is 17.8. The molecule has 0 saturated heterocycles. The van der Waals surface area contributed by atoms with Crippen molar-refractivity contribution < 1.29 is 9.66 Å². The summed E-state index contributed by atoms with van der Waals surface area (Å²) < 4.78 is 5.85. The van der Waals surface area contributed by atoms with E-state index >= 15 is 0 Å². The molecule has 0 radical (unpaired) electrons. The van der Waals surface area contributed by atoms with E-state index in [-0.39, 0.29) is 5.69 Å². The number of nitro benzene ring substituents is 1. The Bertz CT molecular complexity index is 932. The molecule has 0 spiro atoms. The third-order valence-electron chi connectivity index (χ3n) is 3.84. The van der Waals surface area contributed by atoms with E-state index in [1.165, 1.54) is 17.7 Å². The summed E-state index contributed by atoms with van der Waals surface area (Å²) in [6, 6.07) is 12.8. The molecule has 1 aromatic heterocycles. The minimum Gasteiger partial charge on any atom is -0.487 e. The topological polar surface area (TPSA) is 65.3 Å². The number of benzene rings is 2. The van der Waals surface area contributed by atoms with E-state index in [1.54, 1.807) is 23.5 Å². The molecule has 0 aliphatic carbocycles. The fourth-order valence-electron chi connectivity index (χ4n) is 2.49. The summed E-state index contributed by atoms with van der Waals surface area (Å²) in [5.74, 6) is 0.611. The first-order chi connectivity index (χ1) is 12.6. The van der Waals surface area contributed by atoms with Gasteiger partial charge in [0.05, 0.1) is 10.6 Å². The summed E-state index contributed by atoms with van der Waals surface area (Å²) in [4.78, 5) is 15.1. The number of aromatic nitrogens is 1. The molecule has 0 amide bonds. The van der Waals surface area contributed by atoms with E-state index in [4.69, 9.17) is 4.74 Å². The molecule has 1 heterocycles. The van der Waals surface area contributed by atoms with E-state index in [0.717, 1.165) is 21.8 Å². The first-order valence-corrected chi connectivity index (χ1v) is 8.97. The van der Waals surface area contributed by atoms with Crippen LogP contribution in [-0.2, 0) is 13.0 Å². The smallest absolute Gasteiger partial charge is 0.269 e. The average molecular weight is 366 g/mol. The highest BCUT2D eigenvalue weighted by Crippen LogP contribution is 2.27. The van der Waals surface area contributed by atoms with Crippen molar-refractivity contribution in [3.05, 3.63) is 87.4 Å². The lowest BCUT2D eigenvalue weighted by molar-refractivity contribution is -0.384. The molecule has 6 heteroatoms. The van der Waals surface area contributed by atoms with Gasteiger partial charge in [0.25, 0.3) is 5.69 Å². The van der Waals surface area contributed by atoms with Crippen LogP contribution in [0, 0.1) is 17.0 Å². The van der Waals surface area contributed by atoms with Gasteiger partial charge in [0.15, 0.2) is 0 Å². The number of ether oxygens (including phenoxy) is 1. The Morgan fingerprint density at radius 1 is 1.27 bits per heavy atom. The van der Waals surface area contributed by atoms with E-state index in [9.17, 15) is 10.1 Å². The highest BCUT2D eigenvalue weighted by molar-refractivity contribution is 7.13. The number of nitrogens with zero attached hydrogens (tertiary/aromatic N) is 2. The minimum atomic E-state index is -0.412. The molecule has 0 fully saturated rings. The molecule has 2 aromatic carbocycles. The summed E-state index contributed by atoms with van der Waals surface area (Å²) in [5.41, 5.74) is 3.90. The van der Waals surface area contributed by atoms with Crippen molar-refractivity contribution in [3.63, 3.8) is 0 Å². The lowest BCUT2D eigenvalue weighted by Crippen LogP contribution is -2.00. The van der Waals surface area contributed by atoms with Gasteiger partial charge in [-0.15, -0.1) is 17.9 Å². The second-order valence-corrected chi connectivity index (χ2v) is 6.70. The van der Waals surface area contributed by atoms with Gasteiger partial charge in [-0.2, -0.15) is 0 Å². The Balaban J connectivity index is 1.74. The quantitative estimate of drug-likeness (QED) is 0.322. The van der Waals surface area contributed by atoms with Crippen molar-refractivity contribution >= 4 is 17.0 Å². The van der Waals surface area contributed by atoms with Crippen LogP contribution < -0.4 is 4.74 Å². The Morgan fingerprint density at radius 2 is 2.04 bits per heavy atom. The maximum absolute atomic E-state index is 10.9. The number of hydrogen-bond donors (Lipinski definition) is 0. The molecule has 5 nitrogen and oxygen atoms in total. The lowest BCUT2D eigenvalue weighted by atomic mass is 10.1. The number of allylic oxidation sites excluding steroid dienone is 1. The van der Waals surface area contributed by atoms with Gasteiger partial charge >= 0.3 is 0 Å². The van der Waals surface area contributed by atoms with Crippen molar-refractivity contribution in [1.82, 2.24) is 4.98 Å². The molecular weight excluding hydrogens is 348 g/mol. The van der Waals surface area contributed by atoms with Crippen molar-refractivity contribution in [2.75, 3.05) is 0 Å². The van der Waals surface area contributed by atoms with Gasteiger partial charge in [0.1, 0.15) is 17.4 Å². The molecule has 0 bridgehead atoms. The summed E-state index contributed by atoms with van der Waals surface area (Å²) >= 11 is 1.57. The second-order valence-electron chi connectivity index (χ2n) is 5.84. The van der Waals surface area contributed by atoms with Crippen molar-refractivity contribution in [2.24, 2.45) is 0 Å². The van der Waals surface area contributed by atoms with Crippen molar-refractivity contribution in [1.29, 1.82) is 0 Å². The molecule has 0 saturated carbocycles. The van der Waals surface area contributed by atoms with Gasteiger partial charge in [-0.05, 0) is 19.4 Å². The molecule has 0 aliphatic heterocycles. The van der Waals surface area contributed by atoms with Crippen LogP contribution in [0.2, 0.25) is 0 Å². The van der Waals surface area contributed by atoms with Gasteiger partial charge in [-0.25, -0.2) is 4.98 Å². The van der Waals surface area contributed by atoms with Crippen LogP contribution in [0.25, 0.3) is 10.6 Å². The predicted octanol–water partition coefficient (Wildman–Crippen LogP) is 5.33. The number of non-ortho nitro benzene ring substituents is 1. The average Bonchev–Trinajstić information content (AvgIpc) is 3.10. The Labute approximate surface area is 155 Å². The van der Waals surface area contributed by atoms with Crippen molar-refractivity contribution in [3.8, 4) is 16.3 Å². The molecule has 0 aliphatic rings. The number of hydrogen-bond acceptors (Lipinski definition) is 5.